The Morgan fingerprint density at radius 1 is 1.32 bits per heavy atom. The molecule has 1 unspecified atom stereocenters. The summed E-state index contributed by atoms with van der Waals surface area (Å²) in [6, 6.07) is 2.19. The van der Waals surface area contributed by atoms with E-state index in [9.17, 15) is 0 Å². The monoisotopic (exact) mass is 261 g/mol. The van der Waals surface area contributed by atoms with Gasteiger partial charge in [-0.05, 0) is 25.5 Å². The Balaban J connectivity index is 2.20. The number of hydrogen-bond donors (Lipinski definition) is 1. The molecule has 0 radical (unpaired) electrons. The highest BCUT2D eigenvalue weighted by molar-refractivity contribution is 5.22. The van der Waals surface area contributed by atoms with Gasteiger partial charge in [0.2, 0.25) is 0 Å². The van der Waals surface area contributed by atoms with Gasteiger partial charge in [0.15, 0.2) is 0 Å². The fourth-order valence-electron chi connectivity index (χ4n) is 2.15. The fourth-order valence-corrected chi connectivity index (χ4v) is 2.15. The van der Waals surface area contributed by atoms with Crippen molar-refractivity contribution in [2.24, 2.45) is 7.05 Å². The number of aromatic nitrogens is 4. The van der Waals surface area contributed by atoms with Crippen molar-refractivity contribution in [3.63, 3.8) is 0 Å². The Morgan fingerprint density at radius 2 is 2.16 bits per heavy atom. The molecule has 5 nitrogen and oxygen atoms in total. The second-order valence-electron chi connectivity index (χ2n) is 4.84. The SMILES string of the molecule is CCCNC(c1cnn(CCC)c1)c1ccn(C)n1. The molecule has 1 atom stereocenters. The van der Waals surface area contributed by atoms with E-state index in [1.54, 1.807) is 0 Å². The van der Waals surface area contributed by atoms with Crippen molar-refractivity contribution >= 4 is 0 Å². The van der Waals surface area contributed by atoms with Gasteiger partial charge < -0.3 is 5.32 Å². The largest absolute Gasteiger partial charge is 0.305 e. The van der Waals surface area contributed by atoms with Crippen molar-refractivity contribution in [3.05, 3.63) is 35.9 Å². The Morgan fingerprint density at radius 3 is 2.79 bits per heavy atom. The van der Waals surface area contributed by atoms with Gasteiger partial charge in [0.05, 0.1) is 17.9 Å². The van der Waals surface area contributed by atoms with E-state index in [0.29, 0.717) is 0 Å². The van der Waals surface area contributed by atoms with Gasteiger partial charge in [0.1, 0.15) is 0 Å². The lowest BCUT2D eigenvalue weighted by Crippen LogP contribution is -2.23. The van der Waals surface area contributed by atoms with Crippen molar-refractivity contribution in [2.75, 3.05) is 6.54 Å². The third kappa shape index (κ3) is 3.44. The Kier molecular flexibility index (Phi) is 4.74. The second kappa shape index (κ2) is 6.52. The lowest BCUT2D eigenvalue weighted by Gasteiger charge is -2.14. The molecule has 0 bridgehead atoms. The van der Waals surface area contributed by atoms with E-state index in [2.05, 4.69) is 41.6 Å². The average Bonchev–Trinajstić information content (AvgIpc) is 3.01. The molecule has 0 saturated carbocycles. The molecular weight excluding hydrogens is 238 g/mol. The first-order chi connectivity index (χ1) is 9.24. The van der Waals surface area contributed by atoms with E-state index in [-0.39, 0.29) is 6.04 Å². The molecule has 0 saturated heterocycles. The predicted octanol–water partition coefficient (Wildman–Crippen LogP) is 2.12. The van der Waals surface area contributed by atoms with Crippen LogP contribution in [0.1, 0.15) is 44.0 Å². The van der Waals surface area contributed by atoms with Crippen molar-refractivity contribution in [2.45, 2.75) is 39.3 Å². The highest BCUT2D eigenvalue weighted by atomic mass is 15.3. The van der Waals surface area contributed by atoms with Crippen molar-refractivity contribution in [3.8, 4) is 0 Å². The van der Waals surface area contributed by atoms with Gasteiger partial charge >= 0.3 is 0 Å². The lowest BCUT2D eigenvalue weighted by molar-refractivity contribution is 0.571. The van der Waals surface area contributed by atoms with Crippen LogP contribution < -0.4 is 5.32 Å². The first-order valence-corrected chi connectivity index (χ1v) is 6.99. The van der Waals surface area contributed by atoms with Gasteiger partial charge in [-0.3, -0.25) is 9.36 Å². The smallest absolute Gasteiger partial charge is 0.0840 e. The Bertz CT molecular complexity index is 499. The van der Waals surface area contributed by atoms with Crippen LogP contribution >= 0.6 is 0 Å². The second-order valence-corrected chi connectivity index (χ2v) is 4.84. The first kappa shape index (κ1) is 13.8. The molecule has 0 fully saturated rings. The molecule has 2 heterocycles. The summed E-state index contributed by atoms with van der Waals surface area (Å²) in [6.07, 6.45) is 8.24. The third-order valence-corrected chi connectivity index (χ3v) is 3.07. The summed E-state index contributed by atoms with van der Waals surface area (Å²) in [6.45, 7) is 6.26. The topological polar surface area (TPSA) is 47.7 Å². The van der Waals surface area contributed by atoms with Gasteiger partial charge in [0.25, 0.3) is 0 Å². The highest BCUT2D eigenvalue weighted by Crippen LogP contribution is 2.20. The minimum Gasteiger partial charge on any atom is -0.305 e. The summed E-state index contributed by atoms with van der Waals surface area (Å²) in [4.78, 5) is 0. The predicted molar refractivity (Wildman–Crippen MR) is 75.9 cm³/mol. The van der Waals surface area contributed by atoms with Crippen LogP contribution in [0, 0.1) is 0 Å². The summed E-state index contributed by atoms with van der Waals surface area (Å²) < 4.78 is 3.84. The Hall–Kier alpha value is -1.62. The van der Waals surface area contributed by atoms with Crippen molar-refractivity contribution < 1.29 is 0 Å². The quantitative estimate of drug-likeness (QED) is 0.830. The number of nitrogens with one attached hydrogen (secondary N) is 1. The molecular formula is C14H23N5. The molecule has 0 spiro atoms. The minimum absolute atomic E-state index is 0.131. The third-order valence-electron chi connectivity index (χ3n) is 3.07. The maximum Gasteiger partial charge on any atom is 0.0840 e. The van der Waals surface area contributed by atoms with Gasteiger partial charge in [-0.1, -0.05) is 13.8 Å². The molecule has 0 aliphatic carbocycles. The molecule has 0 aromatic carbocycles. The van der Waals surface area contributed by atoms with Gasteiger partial charge in [-0.25, -0.2) is 0 Å². The molecule has 104 valence electrons. The van der Waals surface area contributed by atoms with Crippen LogP contribution in [0.5, 0.6) is 0 Å². The molecule has 2 rings (SSSR count). The summed E-state index contributed by atoms with van der Waals surface area (Å²) in [7, 11) is 1.95. The number of aryl methyl sites for hydroxylation is 2. The number of hydrogen-bond acceptors (Lipinski definition) is 3. The Labute approximate surface area is 114 Å². The zero-order valence-electron chi connectivity index (χ0n) is 12.0. The summed E-state index contributed by atoms with van der Waals surface area (Å²) in [5.41, 5.74) is 2.23. The summed E-state index contributed by atoms with van der Waals surface area (Å²) in [5.74, 6) is 0. The van der Waals surface area contributed by atoms with Gasteiger partial charge in [-0.2, -0.15) is 10.2 Å². The van der Waals surface area contributed by atoms with E-state index < -0.39 is 0 Å². The highest BCUT2D eigenvalue weighted by Gasteiger charge is 2.17. The molecule has 2 aromatic rings. The van der Waals surface area contributed by atoms with Crippen LogP contribution in [0.2, 0.25) is 0 Å². The molecule has 1 N–H and O–H groups in total. The van der Waals surface area contributed by atoms with Crippen LogP contribution in [0.4, 0.5) is 0 Å². The molecule has 2 aromatic heterocycles. The number of nitrogens with zero attached hydrogens (tertiary/aromatic N) is 4. The van der Waals surface area contributed by atoms with Gasteiger partial charge in [-0.15, -0.1) is 0 Å². The van der Waals surface area contributed by atoms with E-state index in [1.807, 2.05) is 28.8 Å². The van der Waals surface area contributed by atoms with Crippen LogP contribution in [0.3, 0.4) is 0 Å². The van der Waals surface area contributed by atoms with Gasteiger partial charge in [0, 0.05) is 31.5 Å². The standard InChI is InChI=1S/C14H23N5/c1-4-7-15-14(13-6-9-18(3)17-13)12-10-16-19(11-12)8-5-2/h6,9-11,14-15H,4-5,7-8H2,1-3H3. The lowest BCUT2D eigenvalue weighted by atomic mass is 10.1. The maximum absolute atomic E-state index is 4.51. The number of rotatable bonds is 7. The van der Waals surface area contributed by atoms with Crippen LogP contribution in [-0.4, -0.2) is 26.1 Å². The zero-order valence-corrected chi connectivity index (χ0v) is 12.0. The molecule has 19 heavy (non-hydrogen) atoms. The first-order valence-electron chi connectivity index (χ1n) is 6.99. The molecule has 5 heteroatoms. The zero-order chi connectivity index (χ0) is 13.7. The van der Waals surface area contributed by atoms with Crippen molar-refractivity contribution in [1.29, 1.82) is 0 Å². The molecule has 0 aliphatic heterocycles. The van der Waals surface area contributed by atoms with Crippen LogP contribution in [0.25, 0.3) is 0 Å². The normalized spacial score (nSPS) is 12.8. The van der Waals surface area contributed by atoms with E-state index in [1.165, 1.54) is 5.56 Å². The van der Waals surface area contributed by atoms with Crippen LogP contribution in [-0.2, 0) is 13.6 Å². The average molecular weight is 261 g/mol. The summed E-state index contributed by atoms with van der Waals surface area (Å²) in [5, 5.41) is 12.5. The van der Waals surface area contributed by atoms with Crippen molar-refractivity contribution in [1.82, 2.24) is 24.9 Å². The minimum atomic E-state index is 0.131. The molecule has 0 amide bonds. The molecule has 0 aliphatic rings. The van der Waals surface area contributed by atoms with E-state index >= 15 is 0 Å². The fraction of sp³-hybridized carbons (Fsp3) is 0.571. The summed E-state index contributed by atoms with van der Waals surface area (Å²) >= 11 is 0. The maximum atomic E-state index is 4.51. The van der Waals surface area contributed by atoms with E-state index in [0.717, 1.165) is 31.6 Å². The van der Waals surface area contributed by atoms with Crippen LogP contribution in [0.15, 0.2) is 24.7 Å². The van der Waals surface area contributed by atoms with E-state index in [4.69, 9.17) is 0 Å².